The smallest absolute Gasteiger partial charge is 0.303 e. The summed E-state index contributed by atoms with van der Waals surface area (Å²) in [6.07, 6.45) is -4.02. The van der Waals surface area contributed by atoms with Gasteiger partial charge in [0.1, 0.15) is 24.6 Å². The van der Waals surface area contributed by atoms with Gasteiger partial charge in [0.15, 0.2) is 18.3 Å². The normalized spacial score (nSPS) is 25.2. The van der Waals surface area contributed by atoms with Crippen molar-refractivity contribution in [2.45, 2.75) is 83.9 Å². The van der Waals surface area contributed by atoms with Crippen molar-refractivity contribution in [3.63, 3.8) is 0 Å². The van der Waals surface area contributed by atoms with Crippen LogP contribution in [-0.4, -0.2) is 61.5 Å². The van der Waals surface area contributed by atoms with E-state index in [4.69, 9.17) is 28.4 Å². The molecule has 10 nitrogen and oxygen atoms in total. The van der Waals surface area contributed by atoms with Crippen molar-refractivity contribution in [3.05, 3.63) is 64.7 Å². The molecule has 0 N–H and O–H groups in total. The zero-order valence-corrected chi connectivity index (χ0v) is 23.9. The SMILES string of the molecule is CCc1ccc(C2CCOc3c2cccc3C2OC(COC(C)=O)C(OC(C)=O)C(OC(C)=O)C2OC(C)=O)cc1. The maximum atomic E-state index is 12.3. The van der Waals surface area contributed by atoms with Crippen molar-refractivity contribution in [2.75, 3.05) is 13.2 Å². The van der Waals surface area contributed by atoms with E-state index in [0.717, 1.165) is 24.0 Å². The standard InChI is InChI=1S/C31H36O10/c1-6-21-10-12-22(13-11-21)23-14-15-36-27-24(23)8-7-9-25(27)28-30(39-19(4)34)31(40-20(5)35)29(38-18(3)33)26(41-28)16-37-17(2)32/h7-13,23,26,28-31H,6,14-16H2,1-5H3. The molecule has 0 radical (unpaired) electrons. The number of hydrogen-bond acceptors (Lipinski definition) is 10. The molecule has 0 aliphatic carbocycles. The van der Waals surface area contributed by atoms with Crippen molar-refractivity contribution < 1.29 is 47.6 Å². The lowest BCUT2D eigenvalue weighted by Gasteiger charge is -2.45. The summed E-state index contributed by atoms with van der Waals surface area (Å²) in [4.78, 5) is 48.2. The monoisotopic (exact) mass is 568 g/mol. The predicted molar refractivity (Wildman–Crippen MR) is 145 cm³/mol. The van der Waals surface area contributed by atoms with Crippen LogP contribution in [0.3, 0.4) is 0 Å². The molecule has 0 spiro atoms. The van der Waals surface area contributed by atoms with Crippen molar-refractivity contribution in [1.82, 2.24) is 0 Å². The minimum Gasteiger partial charge on any atom is -0.493 e. The third-order valence-electron chi connectivity index (χ3n) is 7.19. The Morgan fingerprint density at radius 1 is 0.780 bits per heavy atom. The summed E-state index contributed by atoms with van der Waals surface area (Å²) in [5.41, 5.74) is 3.89. The Labute approximate surface area is 239 Å². The lowest BCUT2D eigenvalue weighted by Crippen LogP contribution is -2.59. The lowest BCUT2D eigenvalue weighted by atomic mass is 9.83. The van der Waals surface area contributed by atoms with Gasteiger partial charge in [-0.2, -0.15) is 0 Å². The molecular formula is C31H36O10. The molecule has 2 aromatic carbocycles. The molecule has 6 unspecified atom stereocenters. The van der Waals surface area contributed by atoms with Crippen LogP contribution in [0, 0.1) is 0 Å². The van der Waals surface area contributed by atoms with E-state index in [9.17, 15) is 19.2 Å². The molecule has 2 aliphatic rings. The highest BCUT2D eigenvalue weighted by atomic mass is 16.7. The number of carbonyl (C=O) groups excluding carboxylic acids is 4. The predicted octanol–water partition coefficient (Wildman–Crippen LogP) is 3.96. The number of fused-ring (bicyclic) bond motifs is 1. The van der Waals surface area contributed by atoms with Gasteiger partial charge in [0, 0.05) is 44.7 Å². The van der Waals surface area contributed by atoms with E-state index in [1.165, 1.54) is 33.3 Å². The van der Waals surface area contributed by atoms with Gasteiger partial charge >= 0.3 is 23.9 Å². The average Bonchev–Trinajstić information content (AvgIpc) is 2.93. The van der Waals surface area contributed by atoms with Gasteiger partial charge in [-0.1, -0.05) is 49.4 Å². The third-order valence-corrected chi connectivity index (χ3v) is 7.19. The van der Waals surface area contributed by atoms with Crippen LogP contribution in [0.4, 0.5) is 0 Å². The fourth-order valence-corrected chi connectivity index (χ4v) is 5.48. The van der Waals surface area contributed by atoms with Gasteiger partial charge in [0.25, 0.3) is 0 Å². The van der Waals surface area contributed by atoms with E-state index in [2.05, 4.69) is 31.2 Å². The van der Waals surface area contributed by atoms with E-state index in [1.54, 1.807) is 6.07 Å². The molecule has 2 aliphatic heterocycles. The Kier molecular flexibility index (Phi) is 9.65. The van der Waals surface area contributed by atoms with Gasteiger partial charge in [-0.05, 0) is 24.0 Å². The number of para-hydroxylation sites is 1. The first-order valence-electron chi connectivity index (χ1n) is 13.7. The molecule has 10 heteroatoms. The summed E-state index contributed by atoms with van der Waals surface area (Å²) < 4.78 is 34.6. The van der Waals surface area contributed by atoms with Crippen molar-refractivity contribution in [1.29, 1.82) is 0 Å². The summed E-state index contributed by atoms with van der Waals surface area (Å²) in [7, 11) is 0. The second-order valence-corrected chi connectivity index (χ2v) is 10.2. The maximum absolute atomic E-state index is 12.3. The summed E-state index contributed by atoms with van der Waals surface area (Å²) in [5.74, 6) is -1.96. The van der Waals surface area contributed by atoms with Crippen LogP contribution < -0.4 is 4.74 Å². The summed E-state index contributed by atoms with van der Waals surface area (Å²) in [6.45, 7) is 7.10. The van der Waals surface area contributed by atoms with E-state index in [-0.39, 0.29) is 12.5 Å². The average molecular weight is 569 g/mol. The Bertz CT molecular complexity index is 1270. The van der Waals surface area contributed by atoms with Gasteiger partial charge in [0.05, 0.1) is 6.61 Å². The molecule has 1 fully saturated rings. The Balaban J connectivity index is 1.81. The van der Waals surface area contributed by atoms with Crippen molar-refractivity contribution in [3.8, 4) is 5.75 Å². The Morgan fingerprint density at radius 2 is 1.39 bits per heavy atom. The van der Waals surface area contributed by atoms with E-state index < -0.39 is 54.4 Å². The molecule has 220 valence electrons. The second-order valence-electron chi connectivity index (χ2n) is 10.2. The highest BCUT2D eigenvalue weighted by molar-refractivity contribution is 5.69. The number of esters is 4. The molecule has 4 rings (SSSR count). The molecule has 1 saturated heterocycles. The molecule has 0 amide bonds. The first-order chi connectivity index (χ1) is 19.6. The molecule has 2 heterocycles. The van der Waals surface area contributed by atoms with Gasteiger partial charge in [-0.15, -0.1) is 0 Å². The minimum absolute atomic E-state index is 0.0512. The lowest BCUT2D eigenvalue weighted by molar-refractivity contribution is -0.254. The van der Waals surface area contributed by atoms with Gasteiger partial charge in [-0.3, -0.25) is 19.2 Å². The van der Waals surface area contributed by atoms with Crippen LogP contribution >= 0.6 is 0 Å². The quantitative estimate of drug-likeness (QED) is 0.341. The van der Waals surface area contributed by atoms with Crippen LogP contribution in [0.15, 0.2) is 42.5 Å². The van der Waals surface area contributed by atoms with Gasteiger partial charge in [-0.25, -0.2) is 0 Å². The molecular weight excluding hydrogens is 532 g/mol. The van der Waals surface area contributed by atoms with Crippen LogP contribution in [0.5, 0.6) is 5.75 Å². The van der Waals surface area contributed by atoms with Crippen molar-refractivity contribution in [2.24, 2.45) is 0 Å². The largest absolute Gasteiger partial charge is 0.493 e. The number of rotatable bonds is 8. The first-order valence-corrected chi connectivity index (χ1v) is 13.7. The molecule has 6 atom stereocenters. The topological polar surface area (TPSA) is 124 Å². The van der Waals surface area contributed by atoms with Crippen LogP contribution in [0.25, 0.3) is 0 Å². The minimum atomic E-state index is -1.25. The van der Waals surface area contributed by atoms with Gasteiger partial charge < -0.3 is 28.4 Å². The second kappa shape index (κ2) is 13.2. The molecule has 0 saturated carbocycles. The highest BCUT2D eigenvalue weighted by Crippen LogP contribution is 2.46. The van der Waals surface area contributed by atoms with E-state index in [1.807, 2.05) is 12.1 Å². The van der Waals surface area contributed by atoms with Crippen LogP contribution in [0.2, 0.25) is 0 Å². The van der Waals surface area contributed by atoms with E-state index in [0.29, 0.717) is 17.9 Å². The highest BCUT2D eigenvalue weighted by Gasteiger charge is 2.53. The van der Waals surface area contributed by atoms with E-state index >= 15 is 0 Å². The summed E-state index contributed by atoms with van der Waals surface area (Å²) in [6, 6.07) is 14.1. The number of hydrogen-bond donors (Lipinski definition) is 0. The first kappa shape index (κ1) is 30.0. The number of carbonyl (C=O) groups is 4. The molecule has 41 heavy (non-hydrogen) atoms. The van der Waals surface area contributed by atoms with Crippen LogP contribution in [0.1, 0.15) is 75.3 Å². The number of benzene rings is 2. The zero-order valence-electron chi connectivity index (χ0n) is 23.9. The zero-order chi connectivity index (χ0) is 29.7. The number of aryl methyl sites for hydroxylation is 1. The summed E-state index contributed by atoms with van der Waals surface area (Å²) in [5, 5.41) is 0. The van der Waals surface area contributed by atoms with Crippen molar-refractivity contribution >= 4 is 23.9 Å². The molecule has 0 aromatic heterocycles. The molecule has 2 aromatic rings. The van der Waals surface area contributed by atoms with Crippen LogP contribution in [-0.2, 0) is 49.3 Å². The molecule has 0 bridgehead atoms. The summed E-state index contributed by atoms with van der Waals surface area (Å²) >= 11 is 0. The fourth-order valence-electron chi connectivity index (χ4n) is 5.48. The Morgan fingerprint density at radius 3 is 2.00 bits per heavy atom. The Hall–Kier alpha value is -3.92. The fraction of sp³-hybridized carbons (Fsp3) is 0.484. The number of ether oxygens (including phenoxy) is 6. The maximum Gasteiger partial charge on any atom is 0.303 e. The third kappa shape index (κ3) is 7.05. The van der Waals surface area contributed by atoms with Gasteiger partial charge in [0.2, 0.25) is 0 Å².